The molecule has 0 aromatic rings. The fourth-order valence-corrected chi connectivity index (χ4v) is 2.51. The Labute approximate surface area is 107 Å². The van der Waals surface area contributed by atoms with Crippen molar-refractivity contribution in [2.75, 3.05) is 0 Å². The summed E-state index contributed by atoms with van der Waals surface area (Å²) in [4.78, 5) is 12.0. The number of carbonyl (C=O) groups is 1. The Bertz CT molecular complexity index is 270. The van der Waals surface area contributed by atoms with Crippen LogP contribution in [0.5, 0.6) is 0 Å². The van der Waals surface area contributed by atoms with Crippen molar-refractivity contribution in [1.82, 2.24) is 5.32 Å². The van der Waals surface area contributed by atoms with E-state index in [4.69, 9.17) is 0 Å². The maximum absolute atomic E-state index is 12.0. The fraction of sp³-hybridized carbons (Fsp3) is 0.933. The summed E-state index contributed by atoms with van der Waals surface area (Å²) in [6, 6.07) is 0.389. The van der Waals surface area contributed by atoms with E-state index in [0.717, 1.165) is 18.8 Å². The van der Waals surface area contributed by atoms with E-state index in [0.29, 0.717) is 11.5 Å². The summed E-state index contributed by atoms with van der Waals surface area (Å²) in [6.07, 6.45) is 4.85. The smallest absolute Gasteiger partial charge is 0.225 e. The number of rotatable bonds is 1. The molecule has 1 saturated carbocycles. The van der Waals surface area contributed by atoms with Crippen molar-refractivity contribution in [3.05, 3.63) is 0 Å². The molecule has 17 heavy (non-hydrogen) atoms. The zero-order valence-corrected chi connectivity index (χ0v) is 12.4. The molecule has 0 saturated heterocycles. The van der Waals surface area contributed by atoms with E-state index >= 15 is 0 Å². The van der Waals surface area contributed by atoms with Gasteiger partial charge < -0.3 is 5.32 Å². The number of hydrogen-bond acceptors (Lipinski definition) is 1. The highest BCUT2D eigenvalue weighted by molar-refractivity contribution is 5.81. The van der Waals surface area contributed by atoms with E-state index < -0.39 is 0 Å². The van der Waals surface area contributed by atoms with Crippen molar-refractivity contribution in [2.24, 2.45) is 16.7 Å². The largest absolute Gasteiger partial charge is 0.353 e. The third-order valence-corrected chi connectivity index (χ3v) is 3.92. The molecule has 1 fully saturated rings. The monoisotopic (exact) mass is 239 g/mol. The molecule has 2 nitrogen and oxygen atoms in total. The molecule has 2 heteroatoms. The topological polar surface area (TPSA) is 29.1 Å². The van der Waals surface area contributed by atoms with Crippen molar-refractivity contribution < 1.29 is 4.79 Å². The average molecular weight is 239 g/mol. The summed E-state index contributed by atoms with van der Waals surface area (Å²) in [5.41, 5.74) is 0.0970. The predicted octanol–water partition coefficient (Wildman–Crippen LogP) is 3.75. The van der Waals surface area contributed by atoms with Crippen LogP contribution >= 0.6 is 0 Å². The Kier molecular flexibility index (Phi) is 4.27. The van der Waals surface area contributed by atoms with Gasteiger partial charge in [0.2, 0.25) is 5.91 Å². The van der Waals surface area contributed by atoms with Gasteiger partial charge in [0.1, 0.15) is 0 Å². The van der Waals surface area contributed by atoms with Crippen molar-refractivity contribution in [3.63, 3.8) is 0 Å². The van der Waals surface area contributed by atoms with Gasteiger partial charge in [-0.3, -0.25) is 4.79 Å². The van der Waals surface area contributed by atoms with Gasteiger partial charge in [0.15, 0.2) is 0 Å². The van der Waals surface area contributed by atoms with Gasteiger partial charge in [-0.1, -0.05) is 48.0 Å². The molecule has 1 aliphatic rings. The van der Waals surface area contributed by atoms with E-state index in [1.165, 1.54) is 12.8 Å². The van der Waals surface area contributed by atoms with Gasteiger partial charge in [-0.15, -0.1) is 0 Å². The Hall–Kier alpha value is -0.530. The summed E-state index contributed by atoms with van der Waals surface area (Å²) in [6.45, 7) is 12.9. The fourth-order valence-electron chi connectivity index (χ4n) is 2.51. The first-order valence-corrected chi connectivity index (χ1v) is 6.91. The first-order chi connectivity index (χ1) is 7.60. The second-order valence-electron chi connectivity index (χ2n) is 7.65. The Balaban J connectivity index is 2.54. The lowest BCUT2D eigenvalue weighted by atomic mass is 9.71. The van der Waals surface area contributed by atoms with Crippen LogP contribution < -0.4 is 5.32 Å². The predicted molar refractivity (Wildman–Crippen MR) is 72.8 cm³/mol. The van der Waals surface area contributed by atoms with E-state index in [9.17, 15) is 4.79 Å². The molecule has 1 N–H and O–H groups in total. The van der Waals surface area contributed by atoms with E-state index in [1.807, 2.05) is 20.8 Å². The minimum atomic E-state index is -0.269. The molecule has 2 unspecified atom stereocenters. The van der Waals surface area contributed by atoms with Crippen LogP contribution in [0.1, 0.15) is 67.2 Å². The molecule has 2 atom stereocenters. The minimum absolute atomic E-state index is 0.192. The third-order valence-electron chi connectivity index (χ3n) is 3.92. The van der Waals surface area contributed by atoms with Crippen molar-refractivity contribution in [1.29, 1.82) is 0 Å². The molecular weight excluding hydrogens is 210 g/mol. The first kappa shape index (κ1) is 14.5. The highest BCUT2D eigenvalue weighted by Crippen LogP contribution is 2.37. The van der Waals surface area contributed by atoms with Gasteiger partial charge >= 0.3 is 0 Å². The van der Waals surface area contributed by atoms with Crippen LogP contribution in [0.25, 0.3) is 0 Å². The normalized spacial score (nSPS) is 26.7. The Morgan fingerprint density at radius 1 is 1.06 bits per heavy atom. The van der Waals surface area contributed by atoms with Gasteiger partial charge in [-0.2, -0.15) is 0 Å². The lowest BCUT2D eigenvalue weighted by Gasteiger charge is -2.38. The van der Waals surface area contributed by atoms with Crippen LogP contribution in [-0.2, 0) is 4.79 Å². The van der Waals surface area contributed by atoms with Gasteiger partial charge in [-0.25, -0.2) is 0 Å². The van der Waals surface area contributed by atoms with Crippen LogP contribution in [0.2, 0.25) is 0 Å². The molecule has 0 bridgehead atoms. The van der Waals surface area contributed by atoms with Crippen LogP contribution in [0.15, 0.2) is 0 Å². The molecule has 1 aliphatic carbocycles. The summed E-state index contributed by atoms with van der Waals surface area (Å²) in [5, 5.41) is 3.22. The van der Waals surface area contributed by atoms with Crippen LogP contribution in [0.4, 0.5) is 0 Å². The summed E-state index contributed by atoms with van der Waals surface area (Å²) in [7, 11) is 0. The second kappa shape index (κ2) is 4.99. The van der Waals surface area contributed by atoms with Gasteiger partial charge in [0.25, 0.3) is 0 Å². The molecular formula is C15H29NO. The molecule has 0 radical (unpaired) electrons. The zero-order valence-electron chi connectivity index (χ0n) is 12.4. The maximum atomic E-state index is 12.0. The van der Waals surface area contributed by atoms with Crippen LogP contribution in [0, 0.1) is 16.7 Å². The molecule has 0 aliphatic heterocycles. The van der Waals surface area contributed by atoms with Crippen LogP contribution in [0.3, 0.4) is 0 Å². The van der Waals surface area contributed by atoms with Gasteiger partial charge in [0, 0.05) is 11.5 Å². The second-order valence-corrected chi connectivity index (χ2v) is 7.65. The average Bonchev–Trinajstić information content (AvgIpc) is 2.15. The van der Waals surface area contributed by atoms with Gasteiger partial charge in [-0.05, 0) is 30.6 Å². The molecule has 0 heterocycles. The molecule has 0 aromatic carbocycles. The molecule has 0 spiro atoms. The van der Waals surface area contributed by atoms with E-state index in [2.05, 4.69) is 26.1 Å². The zero-order chi connectivity index (χ0) is 13.3. The summed E-state index contributed by atoms with van der Waals surface area (Å²) in [5.74, 6) is 0.929. The third kappa shape index (κ3) is 4.33. The van der Waals surface area contributed by atoms with Crippen molar-refractivity contribution in [3.8, 4) is 0 Å². The quantitative estimate of drug-likeness (QED) is 0.742. The molecule has 0 aromatic heterocycles. The van der Waals surface area contributed by atoms with E-state index in [-0.39, 0.29) is 11.3 Å². The number of amides is 1. The Morgan fingerprint density at radius 2 is 1.65 bits per heavy atom. The van der Waals surface area contributed by atoms with Crippen LogP contribution in [-0.4, -0.2) is 11.9 Å². The van der Waals surface area contributed by atoms with Gasteiger partial charge in [0.05, 0.1) is 0 Å². The highest BCUT2D eigenvalue weighted by atomic mass is 16.2. The SMILES string of the molecule is CC(C)(C)C(=O)NC1CCCC(C(C)(C)C)C1. The maximum Gasteiger partial charge on any atom is 0.225 e. The molecule has 1 amide bonds. The number of nitrogens with one attached hydrogen (secondary N) is 1. The van der Waals surface area contributed by atoms with Crippen molar-refractivity contribution in [2.45, 2.75) is 73.3 Å². The molecule has 100 valence electrons. The number of carbonyl (C=O) groups excluding carboxylic acids is 1. The van der Waals surface area contributed by atoms with Crippen molar-refractivity contribution >= 4 is 5.91 Å². The van der Waals surface area contributed by atoms with E-state index in [1.54, 1.807) is 0 Å². The molecule has 1 rings (SSSR count). The lowest BCUT2D eigenvalue weighted by Crippen LogP contribution is -2.45. The first-order valence-electron chi connectivity index (χ1n) is 6.91. The minimum Gasteiger partial charge on any atom is -0.353 e. The standard InChI is InChI=1S/C15H29NO/c1-14(2,3)11-8-7-9-12(10-11)16-13(17)15(4,5)6/h11-12H,7-10H2,1-6H3,(H,16,17). The number of hydrogen-bond donors (Lipinski definition) is 1. The highest BCUT2D eigenvalue weighted by Gasteiger charge is 2.32. The summed E-state index contributed by atoms with van der Waals surface area (Å²) >= 11 is 0. The lowest BCUT2D eigenvalue weighted by molar-refractivity contribution is -0.129. The summed E-state index contributed by atoms with van der Waals surface area (Å²) < 4.78 is 0. The Morgan fingerprint density at radius 3 is 2.12 bits per heavy atom.